The standard InChI is InChI=1S/C24H30N2O3S/c27-24(25-23-17-9-11-19-10-7-8-16-22(19)23)18-26(20-12-3-1-4-13-20)30(28,29)21-14-5-2-6-15-21/h2,5-8,10,14-16,20,23H,1,3-4,9,11-13,17-18H2,(H,25,27)/t23-/m0/s1. The largest absolute Gasteiger partial charge is 0.348 e. The predicted molar refractivity (Wildman–Crippen MR) is 117 cm³/mol. The van der Waals surface area contributed by atoms with Crippen LogP contribution in [0.3, 0.4) is 0 Å². The molecule has 1 fully saturated rings. The van der Waals surface area contributed by atoms with Gasteiger partial charge in [-0.2, -0.15) is 4.31 Å². The van der Waals surface area contributed by atoms with E-state index in [0.717, 1.165) is 56.9 Å². The molecule has 0 radical (unpaired) electrons. The highest BCUT2D eigenvalue weighted by atomic mass is 32.2. The van der Waals surface area contributed by atoms with Gasteiger partial charge in [-0.05, 0) is 55.4 Å². The number of fused-ring (bicyclic) bond motifs is 1. The number of hydrogen-bond acceptors (Lipinski definition) is 3. The lowest BCUT2D eigenvalue weighted by molar-refractivity contribution is -0.122. The van der Waals surface area contributed by atoms with E-state index in [1.807, 2.05) is 12.1 Å². The third-order valence-electron chi connectivity index (χ3n) is 6.34. The maximum atomic E-state index is 13.4. The molecule has 6 heteroatoms. The van der Waals surface area contributed by atoms with Crippen molar-refractivity contribution in [2.24, 2.45) is 0 Å². The number of sulfonamides is 1. The lowest BCUT2D eigenvalue weighted by Gasteiger charge is -2.34. The summed E-state index contributed by atoms with van der Waals surface area (Å²) in [5, 5.41) is 3.12. The second-order valence-corrected chi connectivity index (χ2v) is 10.3. The van der Waals surface area contributed by atoms with Crippen molar-refractivity contribution >= 4 is 15.9 Å². The molecule has 0 aliphatic heterocycles. The summed E-state index contributed by atoms with van der Waals surface area (Å²) in [6.45, 7) is -0.124. The van der Waals surface area contributed by atoms with Crippen LogP contribution in [0.5, 0.6) is 0 Å². The van der Waals surface area contributed by atoms with Gasteiger partial charge in [0.05, 0.1) is 17.5 Å². The summed E-state index contributed by atoms with van der Waals surface area (Å²) in [5.74, 6) is -0.221. The van der Waals surface area contributed by atoms with Crippen LogP contribution in [0.4, 0.5) is 0 Å². The van der Waals surface area contributed by atoms with Gasteiger partial charge in [0.15, 0.2) is 0 Å². The maximum Gasteiger partial charge on any atom is 0.243 e. The van der Waals surface area contributed by atoms with Crippen LogP contribution >= 0.6 is 0 Å². The van der Waals surface area contributed by atoms with E-state index < -0.39 is 10.0 Å². The molecule has 2 aromatic rings. The highest BCUT2D eigenvalue weighted by molar-refractivity contribution is 7.89. The Hall–Kier alpha value is -2.18. The molecule has 4 rings (SSSR count). The van der Waals surface area contributed by atoms with Crippen molar-refractivity contribution in [3.63, 3.8) is 0 Å². The zero-order valence-corrected chi connectivity index (χ0v) is 18.1. The van der Waals surface area contributed by atoms with E-state index in [2.05, 4.69) is 17.4 Å². The van der Waals surface area contributed by atoms with Gasteiger partial charge < -0.3 is 5.32 Å². The lowest BCUT2D eigenvalue weighted by atomic mass is 9.88. The second kappa shape index (κ2) is 9.31. The van der Waals surface area contributed by atoms with Gasteiger partial charge in [-0.3, -0.25) is 4.79 Å². The Balaban J connectivity index is 1.54. The predicted octanol–water partition coefficient (Wildman–Crippen LogP) is 4.20. The van der Waals surface area contributed by atoms with Gasteiger partial charge in [0.2, 0.25) is 15.9 Å². The average Bonchev–Trinajstić information content (AvgIpc) is 2.79. The molecule has 1 atom stereocenters. The molecular formula is C24H30N2O3S. The molecule has 2 aromatic carbocycles. The van der Waals surface area contributed by atoms with Crippen molar-refractivity contribution in [1.29, 1.82) is 0 Å². The molecule has 0 heterocycles. The van der Waals surface area contributed by atoms with Crippen LogP contribution in [0.15, 0.2) is 59.5 Å². The molecule has 30 heavy (non-hydrogen) atoms. The molecule has 1 amide bonds. The molecular weight excluding hydrogens is 396 g/mol. The zero-order chi connectivity index (χ0) is 21.0. The van der Waals surface area contributed by atoms with E-state index in [4.69, 9.17) is 0 Å². The second-order valence-electron chi connectivity index (χ2n) is 8.37. The van der Waals surface area contributed by atoms with Gasteiger partial charge in [-0.15, -0.1) is 0 Å². The van der Waals surface area contributed by atoms with Crippen molar-refractivity contribution in [3.8, 4) is 0 Å². The summed E-state index contributed by atoms with van der Waals surface area (Å²) in [4.78, 5) is 13.3. The van der Waals surface area contributed by atoms with Crippen LogP contribution in [0, 0.1) is 0 Å². The number of nitrogens with zero attached hydrogens (tertiary/aromatic N) is 1. The summed E-state index contributed by atoms with van der Waals surface area (Å²) in [6, 6.07) is 16.5. The Morgan fingerprint density at radius 1 is 0.900 bits per heavy atom. The molecule has 1 saturated carbocycles. The smallest absolute Gasteiger partial charge is 0.243 e. The van der Waals surface area contributed by atoms with E-state index in [0.29, 0.717) is 0 Å². The molecule has 0 saturated heterocycles. The van der Waals surface area contributed by atoms with Crippen molar-refractivity contribution in [2.75, 3.05) is 6.54 Å². The maximum absolute atomic E-state index is 13.4. The molecule has 0 spiro atoms. The fourth-order valence-corrected chi connectivity index (χ4v) is 6.45. The van der Waals surface area contributed by atoms with Gasteiger partial charge >= 0.3 is 0 Å². The van der Waals surface area contributed by atoms with Crippen LogP contribution in [0.2, 0.25) is 0 Å². The molecule has 2 aliphatic carbocycles. The molecule has 0 aromatic heterocycles. The minimum atomic E-state index is -3.72. The summed E-state index contributed by atoms with van der Waals surface area (Å²) >= 11 is 0. The Morgan fingerprint density at radius 2 is 1.60 bits per heavy atom. The molecule has 5 nitrogen and oxygen atoms in total. The fraction of sp³-hybridized carbons (Fsp3) is 0.458. The van der Waals surface area contributed by atoms with Crippen LogP contribution in [0.1, 0.15) is 62.1 Å². The molecule has 2 aliphatic rings. The van der Waals surface area contributed by atoms with Crippen LogP contribution < -0.4 is 5.32 Å². The van der Waals surface area contributed by atoms with Crippen molar-refractivity contribution < 1.29 is 13.2 Å². The minimum absolute atomic E-state index is 0.0462. The summed E-state index contributed by atoms with van der Waals surface area (Å²) < 4.78 is 28.3. The molecule has 0 unspecified atom stereocenters. The number of carbonyl (C=O) groups excluding carboxylic acids is 1. The molecule has 160 valence electrons. The Morgan fingerprint density at radius 3 is 2.37 bits per heavy atom. The Labute approximate surface area is 179 Å². The summed E-state index contributed by atoms with van der Waals surface area (Å²) in [5.41, 5.74) is 2.43. The normalized spacial score (nSPS) is 20.0. The minimum Gasteiger partial charge on any atom is -0.348 e. The lowest BCUT2D eigenvalue weighted by Crippen LogP contribution is -2.47. The van der Waals surface area contributed by atoms with Gasteiger partial charge in [0, 0.05) is 6.04 Å². The molecule has 1 N–H and O–H groups in total. The molecule has 0 bridgehead atoms. The van der Waals surface area contributed by atoms with E-state index in [-0.39, 0.29) is 29.4 Å². The van der Waals surface area contributed by atoms with Crippen LogP contribution in [-0.2, 0) is 21.2 Å². The van der Waals surface area contributed by atoms with E-state index in [9.17, 15) is 13.2 Å². The SMILES string of the molecule is O=C(CN(C1CCCCC1)S(=O)(=O)c1ccccc1)N[C@H]1CCCc2ccccc21. The fourth-order valence-electron chi connectivity index (χ4n) is 4.79. The number of hydrogen-bond donors (Lipinski definition) is 1. The van der Waals surface area contributed by atoms with Gasteiger partial charge in [-0.1, -0.05) is 61.7 Å². The highest BCUT2D eigenvalue weighted by Gasteiger charge is 2.34. The first kappa shape index (κ1) is 21.1. The Bertz CT molecular complexity index is 969. The number of carbonyl (C=O) groups is 1. The summed E-state index contributed by atoms with van der Waals surface area (Å²) in [7, 11) is -3.72. The van der Waals surface area contributed by atoms with Gasteiger partial charge in [0.1, 0.15) is 0 Å². The monoisotopic (exact) mass is 426 g/mol. The topological polar surface area (TPSA) is 66.5 Å². The van der Waals surface area contributed by atoms with Crippen molar-refractivity contribution in [1.82, 2.24) is 9.62 Å². The third kappa shape index (κ3) is 4.60. The van der Waals surface area contributed by atoms with E-state index >= 15 is 0 Å². The van der Waals surface area contributed by atoms with Gasteiger partial charge in [0.25, 0.3) is 0 Å². The first-order chi connectivity index (χ1) is 14.6. The quantitative estimate of drug-likeness (QED) is 0.753. The number of rotatable bonds is 6. The third-order valence-corrected chi connectivity index (χ3v) is 8.25. The number of nitrogens with one attached hydrogen (secondary N) is 1. The van der Waals surface area contributed by atoms with Crippen LogP contribution in [0.25, 0.3) is 0 Å². The number of amides is 1. The number of benzene rings is 2. The van der Waals surface area contributed by atoms with Crippen molar-refractivity contribution in [3.05, 3.63) is 65.7 Å². The number of aryl methyl sites for hydroxylation is 1. The average molecular weight is 427 g/mol. The van der Waals surface area contributed by atoms with Gasteiger partial charge in [-0.25, -0.2) is 8.42 Å². The van der Waals surface area contributed by atoms with Crippen molar-refractivity contribution in [2.45, 2.75) is 68.3 Å². The van der Waals surface area contributed by atoms with E-state index in [1.165, 1.54) is 9.87 Å². The van der Waals surface area contributed by atoms with Crippen LogP contribution in [-0.4, -0.2) is 31.2 Å². The zero-order valence-electron chi connectivity index (χ0n) is 17.3. The Kier molecular flexibility index (Phi) is 6.54. The first-order valence-corrected chi connectivity index (χ1v) is 12.4. The highest BCUT2D eigenvalue weighted by Crippen LogP contribution is 2.30. The summed E-state index contributed by atoms with van der Waals surface area (Å²) in [6.07, 6.45) is 7.69. The first-order valence-electron chi connectivity index (χ1n) is 11.0. The van der Waals surface area contributed by atoms with E-state index in [1.54, 1.807) is 30.3 Å².